The Morgan fingerprint density at radius 1 is 1.19 bits per heavy atom. The van der Waals surface area contributed by atoms with Crippen LogP contribution >= 0.6 is 0 Å². The summed E-state index contributed by atoms with van der Waals surface area (Å²) in [6.07, 6.45) is 2.40. The molecule has 3 N–H and O–H groups in total. The first-order chi connectivity index (χ1) is 7.50. The minimum Gasteiger partial charge on any atom is -0.507 e. The van der Waals surface area contributed by atoms with Gasteiger partial charge >= 0.3 is 0 Å². The molecule has 0 fully saturated rings. The standard InChI is InChI=1S/C13H20FNO/c1-4-13(5-2,6-3)12-10(14)7-9(15)8-11(12)16/h7-8,16H,4-6,15H2,1-3H3. The lowest BCUT2D eigenvalue weighted by molar-refractivity contribution is 0.341. The molecule has 2 nitrogen and oxygen atoms in total. The zero-order valence-corrected chi connectivity index (χ0v) is 10.2. The van der Waals surface area contributed by atoms with Crippen molar-refractivity contribution in [1.29, 1.82) is 0 Å². The van der Waals surface area contributed by atoms with Crippen LogP contribution < -0.4 is 5.73 Å². The van der Waals surface area contributed by atoms with Crippen molar-refractivity contribution in [3.63, 3.8) is 0 Å². The number of nitrogens with two attached hydrogens (primary N) is 1. The molecule has 0 bridgehead atoms. The van der Waals surface area contributed by atoms with Gasteiger partial charge in [0.15, 0.2) is 0 Å². The fourth-order valence-electron chi connectivity index (χ4n) is 2.42. The van der Waals surface area contributed by atoms with E-state index in [2.05, 4.69) is 0 Å². The molecule has 1 aromatic carbocycles. The Labute approximate surface area is 96.3 Å². The van der Waals surface area contributed by atoms with Crippen LogP contribution in [-0.2, 0) is 5.41 Å². The second-order valence-corrected chi connectivity index (χ2v) is 4.24. The van der Waals surface area contributed by atoms with Gasteiger partial charge in [0.05, 0.1) is 0 Å². The fourth-order valence-corrected chi connectivity index (χ4v) is 2.42. The van der Waals surface area contributed by atoms with E-state index in [1.165, 1.54) is 12.1 Å². The SMILES string of the molecule is CCC(CC)(CC)c1c(O)cc(N)cc1F. The molecule has 0 unspecified atom stereocenters. The van der Waals surface area contributed by atoms with E-state index >= 15 is 0 Å². The van der Waals surface area contributed by atoms with E-state index in [0.717, 1.165) is 19.3 Å². The topological polar surface area (TPSA) is 46.2 Å². The summed E-state index contributed by atoms with van der Waals surface area (Å²) in [5.74, 6) is -0.425. The molecule has 0 heterocycles. The number of phenols is 1. The number of rotatable bonds is 4. The number of anilines is 1. The lowest BCUT2D eigenvalue weighted by atomic mass is 9.73. The number of halogens is 1. The first-order valence-electron chi connectivity index (χ1n) is 5.79. The quantitative estimate of drug-likeness (QED) is 0.769. The summed E-state index contributed by atoms with van der Waals surface area (Å²) in [4.78, 5) is 0. The van der Waals surface area contributed by atoms with Gasteiger partial charge < -0.3 is 10.8 Å². The molecular weight excluding hydrogens is 205 g/mol. The minimum absolute atomic E-state index is 0.0250. The molecule has 0 aliphatic rings. The van der Waals surface area contributed by atoms with Crippen molar-refractivity contribution >= 4 is 5.69 Å². The molecule has 0 saturated heterocycles. The predicted molar refractivity (Wildman–Crippen MR) is 65.0 cm³/mol. The normalized spacial score (nSPS) is 11.8. The van der Waals surface area contributed by atoms with Crippen LogP contribution in [0.4, 0.5) is 10.1 Å². The van der Waals surface area contributed by atoms with Crippen molar-refractivity contribution < 1.29 is 9.50 Å². The van der Waals surface area contributed by atoms with Gasteiger partial charge in [-0.2, -0.15) is 0 Å². The fraction of sp³-hybridized carbons (Fsp3) is 0.538. The van der Waals surface area contributed by atoms with Gasteiger partial charge in [0, 0.05) is 22.7 Å². The van der Waals surface area contributed by atoms with E-state index in [1.807, 2.05) is 20.8 Å². The Hall–Kier alpha value is -1.25. The van der Waals surface area contributed by atoms with Gasteiger partial charge in [-0.05, 0) is 25.3 Å². The zero-order chi connectivity index (χ0) is 12.3. The van der Waals surface area contributed by atoms with E-state index in [9.17, 15) is 9.50 Å². The average Bonchev–Trinajstić information content (AvgIpc) is 2.23. The third kappa shape index (κ3) is 1.99. The van der Waals surface area contributed by atoms with Crippen LogP contribution in [0.15, 0.2) is 12.1 Å². The van der Waals surface area contributed by atoms with Crippen LogP contribution in [0.2, 0.25) is 0 Å². The van der Waals surface area contributed by atoms with Crippen LogP contribution in [0.5, 0.6) is 5.75 Å². The zero-order valence-electron chi connectivity index (χ0n) is 10.2. The van der Waals surface area contributed by atoms with E-state index in [1.54, 1.807) is 0 Å². The lowest BCUT2D eigenvalue weighted by Gasteiger charge is -2.32. The van der Waals surface area contributed by atoms with Crippen molar-refractivity contribution in [3.05, 3.63) is 23.5 Å². The maximum atomic E-state index is 13.9. The van der Waals surface area contributed by atoms with Crippen LogP contribution in [0.1, 0.15) is 45.6 Å². The highest BCUT2D eigenvalue weighted by Gasteiger charge is 2.32. The Kier molecular flexibility index (Phi) is 3.79. The van der Waals surface area contributed by atoms with E-state index < -0.39 is 5.82 Å². The summed E-state index contributed by atoms with van der Waals surface area (Å²) in [6.45, 7) is 6.05. The van der Waals surface area contributed by atoms with Crippen molar-refractivity contribution in [2.24, 2.45) is 0 Å². The largest absolute Gasteiger partial charge is 0.507 e. The van der Waals surface area contributed by atoms with Crippen LogP contribution in [0, 0.1) is 5.82 Å². The van der Waals surface area contributed by atoms with Gasteiger partial charge in [-0.15, -0.1) is 0 Å². The van der Waals surface area contributed by atoms with Crippen LogP contribution in [-0.4, -0.2) is 5.11 Å². The monoisotopic (exact) mass is 225 g/mol. The molecule has 0 spiro atoms. The van der Waals surface area contributed by atoms with Gasteiger partial charge in [-0.3, -0.25) is 0 Å². The molecule has 0 saturated carbocycles. The lowest BCUT2D eigenvalue weighted by Crippen LogP contribution is -2.25. The highest BCUT2D eigenvalue weighted by Crippen LogP contribution is 2.42. The summed E-state index contributed by atoms with van der Waals surface area (Å²) in [7, 11) is 0. The van der Waals surface area contributed by atoms with Gasteiger partial charge in [0.25, 0.3) is 0 Å². The maximum absolute atomic E-state index is 13.9. The Morgan fingerprint density at radius 3 is 2.06 bits per heavy atom. The van der Waals surface area contributed by atoms with Gasteiger partial charge in [0.1, 0.15) is 11.6 Å². The van der Waals surface area contributed by atoms with Crippen LogP contribution in [0.25, 0.3) is 0 Å². The summed E-state index contributed by atoms with van der Waals surface area (Å²) in [5, 5.41) is 9.88. The molecule has 90 valence electrons. The van der Waals surface area contributed by atoms with E-state index in [0.29, 0.717) is 5.56 Å². The van der Waals surface area contributed by atoms with Gasteiger partial charge in [-0.1, -0.05) is 20.8 Å². The summed E-state index contributed by atoms with van der Waals surface area (Å²) in [6, 6.07) is 2.71. The summed E-state index contributed by atoms with van der Waals surface area (Å²) < 4.78 is 13.9. The molecule has 0 aromatic heterocycles. The molecule has 0 aliphatic carbocycles. The Bertz CT molecular complexity index is 341. The smallest absolute Gasteiger partial charge is 0.132 e. The van der Waals surface area contributed by atoms with Crippen molar-refractivity contribution in [1.82, 2.24) is 0 Å². The highest BCUT2D eigenvalue weighted by atomic mass is 19.1. The number of hydrogen-bond donors (Lipinski definition) is 2. The first-order valence-corrected chi connectivity index (χ1v) is 5.79. The Morgan fingerprint density at radius 2 is 1.69 bits per heavy atom. The number of nitrogen functional groups attached to an aromatic ring is 1. The average molecular weight is 225 g/mol. The highest BCUT2D eigenvalue weighted by molar-refractivity contribution is 5.51. The molecule has 0 aliphatic heterocycles. The van der Waals surface area contributed by atoms with Crippen LogP contribution in [0.3, 0.4) is 0 Å². The van der Waals surface area contributed by atoms with Gasteiger partial charge in [0.2, 0.25) is 0 Å². The van der Waals surface area contributed by atoms with E-state index in [4.69, 9.17) is 5.73 Å². The number of hydrogen-bond acceptors (Lipinski definition) is 2. The summed E-state index contributed by atoms with van der Waals surface area (Å²) >= 11 is 0. The third-order valence-electron chi connectivity index (χ3n) is 3.65. The second kappa shape index (κ2) is 4.73. The molecule has 3 heteroatoms. The van der Waals surface area contributed by atoms with Gasteiger partial charge in [-0.25, -0.2) is 4.39 Å². The van der Waals surface area contributed by atoms with E-state index in [-0.39, 0.29) is 16.9 Å². The van der Waals surface area contributed by atoms with Crippen molar-refractivity contribution in [3.8, 4) is 5.75 Å². The Balaban J connectivity index is 3.40. The molecule has 1 rings (SSSR count). The molecular formula is C13H20FNO. The minimum atomic E-state index is -0.400. The van der Waals surface area contributed by atoms with Crippen molar-refractivity contribution in [2.45, 2.75) is 45.4 Å². The summed E-state index contributed by atoms with van der Waals surface area (Å²) in [5.41, 5.74) is 5.88. The number of benzene rings is 1. The maximum Gasteiger partial charge on any atom is 0.132 e. The molecule has 0 amide bonds. The molecule has 16 heavy (non-hydrogen) atoms. The number of phenolic OH excluding ortho intramolecular Hbond substituents is 1. The molecule has 0 atom stereocenters. The third-order valence-corrected chi connectivity index (χ3v) is 3.65. The number of aromatic hydroxyl groups is 1. The first kappa shape index (κ1) is 12.8. The second-order valence-electron chi connectivity index (χ2n) is 4.24. The molecule has 0 radical (unpaired) electrons. The molecule has 1 aromatic rings. The predicted octanol–water partition coefficient (Wildman–Crippen LogP) is 3.58. The van der Waals surface area contributed by atoms with Crippen molar-refractivity contribution in [2.75, 3.05) is 5.73 Å².